The second-order valence-corrected chi connectivity index (χ2v) is 8.45. The third-order valence-corrected chi connectivity index (χ3v) is 5.08. The third-order valence-electron chi connectivity index (χ3n) is 5.08. The fourth-order valence-electron chi connectivity index (χ4n) is 3.71. The minimum atomic E-state index is -0.675. The lowest BCUT2D eigenvalue weighted by Gasteiger charge is -2.40. The highest BCUT2D eigenvalue weighted by Gasteiger charge is 2.35. The summed E-state index contributed by atoms with van der Waals surface area (Å²) >= 11 is 0. The zero-order valence-corrected chi connectivity index (χ0v) is 20.7. The van der Waals surface area contributed by atoms with E-state index in [1.54, 1.807) is 7.11 Å². The Labute approximate surface area is 192 Å². The van der Waals surface area contributed by atoms with Gasteiger partial charge in [0, 0.05) is 25.6 Å². The monoisotopic (exact) mass is 519 g/mol. The van der Waals surface area contributed by atoms with Gasteiger partial charge in [-0.3, -0.25) is 4.99 Å². The number of rotatable bonds is 7. The van der Waals surface area contributed by atoms with Crippen LogP contribution in [0.3, 0.4) is 0 Å². The molecule has 0 spiro atoms. The van der Waals surface area contributed by atoms with Gasteiger partial charge in [0.15, 0.2) is 5.96 Å². The van der Waals surface area contributed by atoms with Crippen molar-refractivity contribution in [2.45, 2.75) is 52.7 Å². The molecule has 29 heavy (non-hydrogen) atoms. The number of benzene rings is 1. The van der Waals surface area contributed by atoms with Crippen LogP contribution < -0.4 is 15.4 Å². The maximum Gasteiger partial charge on any atom is 0.191 e. The van der Waals surface area contributed by atoms with Crippen molar-refractivity contribution in [1.29, 1.82) is 0 Å². The number of nitrogens with zero attached hydrogens (tertiary/aromatic N) is 1. The molecule has 0 amide bonds. The fourth-order valence-corrected chi connectivity index (χ4v) is 3.71. The molecule has 2 rings (SSSR count). The second-order valence-electron chi connectivity index (χ2n) is 8.45. The lowest BCUT2D eigenvalue weighted by molar-refractivity contribution is -0.0835. The van der Waals surface area contributed by atoms with Crippen LogP contribution in [0.15, 0.2) is 29.3 Å². The molecular formula is C22H38IN3O3. The van der Waals surface area contributed by atoms with E-state index in [-0.39, 0.29) is 42.0 Å². The number of aliphatic hydroxyl groups excluding tert-OH is 1. The normalized spacial score (nSPS) is 21.1. The minimum absolute atomic E-state index is 0. The van der Waals surface area contributed by atoms with Crippen LogP contribution in [0.4, 0.5) is 0 Å². The summed E-state index contributed by atoms with van der Waals surface area (Å²) in [5, 5.41) is 17.2. The Balaban J connectivity index is 0.00000420. The number of ether oxygens (including phenoxy) is 2. The van der Waals surface area contributed by atoms with Crippen molar-refractivity contribution in [3.05, 3.63) is 29.8 Å². The van der Waals surface area contributed by atoms with Crippen LogP contribution in [0.25, 0.3) is 0 Å². The van der Waals surface area contributed by atoms with Gasteiger partial charge in [0.2, 0.25) is 0 Å². The number of aliphatic imine (C=N–C) groups is 1. The standard InChI is InChI=1S/C22H37N3O3.HI/c1-6-23-21(24-14-17-10-8-12-28-20(17)22(2,3)4)25-15-19(26)16-9-7-11-18(13-16)27-5;/h7,9,11,13,17,19-20,26H,6,8,10,12,14-15H2,1-5H3,(H2,23,24,25);1H. The third kappa shape index (κ3) is 8.30. The van der Waals surface area contributed by atoms with Gasteiger partial charge in [0.25, 0.3) is 0 Å². The maximum atomic E-state index is 10.5. The number of guanidine groups is 1. The van der Waals surface area contributed by atoms with E-state index in [9.17, 15) is 5.11 Å². The van der Waals surface area contributed by atoms with Crippen LogP contribution in [0.1, 0.15) is 52.2 Å². The topological polar surface area (TPSA) is 75.1 Å². The molecular weight excluding hydrogens is 481 g/mol. The highest BCUT2D eigenvalue weighted by Crippen LogP contribution is 2.33. The number of halogens is 1. The van der Waals surface area contributed by atoms with Crippen molar-refractivity contribution < 1.29 is 14.6 Å². The highest BCUT2D eigenvalue weighted by molar-refractivity contribution is 14.0. The Kier molecular flexibility index (Phi) is 11.3. The summed E-state index contributed by atoms with van der Waals surface area (Å²) < 4.78 is 11.3. The van der Waals surface area contributed by atoms with Crippen LogP contribution in [-0.4, -0.2) is 50.5 Å². The van der Waals surface area contributed by atoms with Gasteiger partial charge >= 0.3 is 0 Å². The predicted molar refractivity (Wildman–Crippen MR) is 129 cm³/mol. The second kappa shape index (κ2) is 12.6. The van der Waals surface area contributed by atoms with Crippen molar-refractivity contribution in [2.24, 2.45) is 16.3 Å². The molecule has 0 radical (unpaired) electrons. The van der Waals surface area contributed by atoms with E-state index < -0.39 is 6.10 Å². The number of hydrogen-bond acceptors (Lipinski definition) is 4. The summed E-state index contributed by atoms with van der Waals surface area (Å²) in [4.78, 5) is 4.58. The number of hydrogen-bond donors (Lipinski definition) is 3. The van der Waals surface area contributed by atoms with E-state index in [0.717, 1.165) is 49.8 Å². The molecule has 1 fully saturated rings. The van der Waals surface area contributed by atoms with Gasteiger partial charge in [0.05, 0.1) is 25.9 Å². The molecule has 0 saturated carbocycles. The van der Waals surface area contributed by atoms with E-state index >= 15 is 0 Å². The molecule has 3 atom stereocenters. The SMILES string of the molecule is CCNC(=NCC(O)c1cccc(OC)c1)NCC1CCCOC1C(C)(C)C.I. The van der Waals surface area contributed by atoms with Gasteiger partial charge < -0.3 is 25.2 Å². The molecule has 6 nitrogen and oxygen atoms in total. The van der Waals surface area contributed by atoms with E-state index in [1.807, 2.05) is 31.2 Å². The highest BCUT2D eigenvalue weighted by atomic mass is 127. The van der Waals surface area contributed by atoms with Crippen LogP contribution in [-0.2, 0) is 4.74 Å². The Morgan fingerprint density at radius 3 is 2.76 bits per heavy atom. The Hall–Kier alpha value is -1.06. The quantitative estimate of drug-likeness (QED) is 0.291. The molecule has 1 aliphatic rings. The van der Waals surface area contributed by atoms with Crippen molar-refractivity contribution in [1.82, 2.24) is 10.6 Å². The molecule has 1 heterocycles. The van der Waals surface area contributed by atoms with Gasteiger partial charge in [-0.1, -0.05) is 32.9 Å². The molecule has 0 bridgehead atoms. The summed E-state index contributed by atoms with van der Waals surface area (Å²) in [6.45, 7) is 11.5. The van der Waals surface area contributed by atoms with Crippen LogP contribution in [0, 0.1) is 11.3 Å². The van der Waals surface area contributed by atoms with Crippen molar-refractivity contribution >= 4 is 29.9 Å². The van der Waals surface area contributed by atoms with Gasteiger partial charge in [-0.25, -0.2) is 0 Å². The van der Waals surface area contributed by atoms with Gasteiger partial charge in [-0.05, 0) is 42.9 Å². The van der Waals surface area contributed by atoms with Crippen LogP contribution in [0.2, 0.25) is 0 Å². The lowest BCUT2D eigenvalue weighted by Crippen LogP contribution is -2.47. The van der Waals surface area contributed by atoms with E-state index in [0.29, 0.717) is 5.92 Å². The van der Waals surface area contributed by atoms with Crippen molar-refractivity contribution in [3.63, 3.8) is 0 Å². The first-order valence-electron chi connectivity index (χ1n) is 10.3. The summed E-state index contributed by atoms with van der Waals surface area (Å²) in [5.74, 6) is 1.90. The Bertz CT molecular complexity index is 634. The van der Waals surface area contributed by atoms with Gasteiger partial charge in [0.1, 0.15) is 5.75 Å². The Morgan fingerprint density at radius 1 is 1.34 bits per heavy atom. The molecule has 0 aromatic heterocycles. The zero-order valence-electron chi connectivity index (χ0n) is 18.4. The maximum absolute atomic E-state index is 10.5. The summed E-state index contributed by atoms with van der Waals surface area (Å²) in [6, 6.07) is 7.47. The van der Waals surface area contributed by atoms with Gasteiger partial charge in [-0.15, -0.1) is 24.0 Å². The summed E-state index contributed by atoms with van der Waals surface area (Å²) in [7, 11) is 1.62. The predicted octanol–water partition coefficient (Wildman–Crippen LogP) is 3.74. The van der Waals surface area contributed by atoms with E-state index in [1.165, 1.54) is 0 Å². The van der Waals surface area contributed by atoms with Gasteiger partial charge in [-0.2, -0.15) is 0 Å². The average Bonchev–Trinajstić information content (AvgIpc) is 2.69. The molecule has 1 aliphatic heterocycles. The molecule has 3 N–H and O–H groups in total. The van der Waals surface area contributed by atoms with Crippen LogP contribution in [0.5, 0.6) is 5.75 Å². The molecule has 7 heteroatoms. The van der Waals surface area contributed by atoms with Crippen LogP contribution >= 0.6 is 24.0 Å². The van der Waals surface area contributed by atoms with E-state index in [2.05, 4.69) is 36.4 Å². The number of methoxy groups -OCH3 is 1. The average molecular weight is 519 g/mol. The Morgan fingerprint density at radius 2 is 2.10 bits per heavy atom. The lowest BCUT2D eigenvalue weighted by atomic mass is 9.78. The zero-order chi connectivity index (χ0) is 20.6. The first kappa shape index (κ1) is 26.0. The minimum Gasteiger partial charge on any atom is -0.497 e. The molecule has 3 unspecified atom stereocenters. The van der Waals surface area contributed by atoms with Crippen molar-refractivity contribution in [2.75, 3.05) is 33.4 Å². The molecule has 166 valence electrons. The smallest absolute Gasteiger partial charge is 0.191 e. The summed E-state index contributed by atoms with van der Waals surface area (Å²) in [6.07, 6.45) is 1.81. The molecule has 1 aromatic rings. The molecule has 1 saturated heterocycles. The van der Waals surface area contributed by atoms with Crippen molar-refractivity contribution in [3.8, 4) is 5.75 Å². The molecule has 0 aliphatic carbocycles. The number of nitrogens with one attached hydrogen (secondary N) is 2. The molecule has 1 aromatic carbocycles. The largest absolute Gasteiger partial charge is 0.497 e. The summed E-state index contributed by atoms with van der Waals surface area (Å²) in [5.41, 5.74) is 0.914. The first-order chi connectivity index (χ1) is 13.3. The number of aliphatic hydroxyl groups is 1. The fraction of sp³-hybridized carbons (Fsp3) is 0.682. The van der Waals surface area contributed by atoms with E-state index in [4.69, 9.17) is 9.47 Å². The first-order valence-corrected chi connectivity index (χ1v) is 10.3.